The van der Waals surface area contributed by atoms with Crippen LogP contribution in [0.1, 0.15) is 6.42 Å². The van der Waals surface area contributed by atoms with Crippen molar-refractivity contribution in [2.24, 2.45) is 0 Å². The molecule has 0 aromatic heterocycles. The molecule has 0 aromatic rings. The van der Waals surface area contributed by atoms with Crippen molar-refractivity contribution in [1.82, 2.24) is 10.2 Å². The van der Waals surface area contributed by atoms with Gasteiger partial charge < -0.3 is 24.8 Å². The SMILES string of the molecule is COC1(CNC(=O)N2CCSCC2C(=O)O)CCOC1. The van der Waals surface area contributed by atoms with Gasteiger partial charge in [-0.25, -0.2) is 9.59 Å². The van der Waals surface area contributed by atoms with Crippen molar-refractivity contribution >= 4 is 23.8 Å². The van der Waals surface area contributed by atoms with Gasteiger partial charge in [0.15, 0.2) is 0 Å². The molecule has 2 fully saturated rings. The standard InChI is InChI=1S/C12H20N2O5S/c1-18-12(2-4-19-8-12)7-13-11(17)14-3-5-20-6-9(14)10(15)16/h9H,2-8H2,1H3,(H,13,17)(H,15,16). The van der Waals surface area contributed by atoms with Crippen LogP contribution in [0.2, 0.25) is 0 Å². The lowest BCUT2D eigenvalue weighted by molar-refractivity contribution is -0.141. The minimum Gasteiger partial charge on any atom is -0.480 e. The molecule has 2 N–H and O–H groups in total. The zero-order valence-electron chi connectivity index (χ0n) is 11.5. The molecular formula is C12H20N2O5S. The number of aliphatic carboxylic acids is 1. The fraction of sp³-hybridized carbons (Fsp3) is 0.833. The maximum absolute atomic E-state index is 12.2. The molecule has 7 nitrogen and oxygen atoms in total. The van der Waals surface area contributed by atoms with E-state index >= 15 is 0 Å². The van der Waals surface area contributed by atoms with Crippen LogP contribution < -0.4 is 5.32 Å². The van der Waals surface area contributed by atoms with Gasteiger partial charge in [0, 0.05) is 38.2 Å². The minimum absolute atomic E-state index is 0.332. The van der Waals surface area contributed by atoms with Gasteiger partial charge in [0.1, 0.15) is 11.6 Å². The van der Waals surface area contributed by atoms with E-state index in [0.29, 0.717) is 32.1 Å². The summed E-state index contributed by atoms with van der Waals surface area (Å²) in [5.41, 5.74) is -0.487. The van der Waals surface area contributed by atoms with Gasteiger partial charge in [0.25, 0.3) is 0 Å². The Morgan fingerprint density at radius 1 is 1.60 bits per heavy atom. The second-order valence-corrected chi connectivity index (χ2v) is 6.12. The minimum atomic E-state index is -0.960. The number of nitrogens with zero attached hydrogens (tertiary/aromatic N) is 1. The molecule has 0 radical (unpaired) electrons. The van der Waals surface area contributed by atoms with Crippen molar-refractivity contribution in [3.8, 4) is 0 Å². The molecule has 2 aliphatic heterocycles. The van der Waals surface area contributed by atoms with Crippen LogP contribution in [0, 0.1) is 0 Å². The summed E-state index contributed by atoms with van der Waals surface area (Å²) in [6, 6.07) is -1.10. The van der Waals surface area contributed by atoms with Crippen molar-refractivity contribution in [2.75, 3.05) is 44.9 Å². The smallest absolute Gasteiger partial charge is 0.327 e. The van der Waals surface area contributed by atoms with Gasteiger partial charge in [-0.1, -0.05) is 0 Å². The van der Waals surface area contributed by atoms with E-state index in [0.717, 1.165) is 12.2 Å². The first kappa shape index (κ1) is 15.4. The second-order valence-electron chi connectivity index (χ2n) is 4.97. The number of hydrogen-bond donors (Lipinski definition) is 2. The Balaban J connectivity index is 1.91. The maximum Gasteiger partial charge on any atom is 0.327 e. The number of thioether (sulfide) groups is 1. The molecule has 114 valence electrons. The van der Waals surface area contributed by atoms with E-state index in [-0.39, 0.29) is 6.03 Å². The number of hydrogen-bond acceptors (Lipinski definition) is 5. The predicted octanol–water partition coefficient (Wildman–Crippen LogP) is 0.00350. The van der Waals surface area contributed by atoms with Crippen LogP contribution in [0.15, 0.2) is 0 Å². The van der Waals surface area contributed by atoms with Gasteiger partial charge in [-0.15, -0.1) is 0 Å². The number of carbonyl (C=O) groups excluding carboxylic acids is 1. The summed E-state index contributed by atoms with van der Waals surface area (Å²) >= 11 is 1.55. The number of methoxy groups -OCH3 is 1. The normalized spacial score (nSPS) is 30.2. The number of carboxylic acid groups (broad SMARTS) is 1. The summed E-state index contributed by atoms with van der Waals surface area (Å²) in [5, 5.41) is 11.9. The number of carbonyl (C=O) groups is 2. The van der Waals surface area contributed by atoms with E-state index in [1.54, 1.807) is 18.9 Å². The second kappa shape index (κ2) is 6.64. The molecule has 2 heterocycles. The van der Waals surface area contributed by atoms with Crippen molar-refractivity contribution in [1.29, 1.82) is 0 Å². The summed E-state index contributed by atoms with van der Waals surface area (Å²) in [7, 11) is 1.60. The fourth-order valence-electron chi connectivity index (χ4n) is 2.35. The molecule has 8 heteroatoms. The Labute approximate surface area is 122 Å². The number of carboxylic acids is 1. The van der Waals surface area contributed by atoms with E-state index in [9.17, 15) is 9.59 Å². The molecule has 2 saturated heterocycles. The van der Waals surface area contributed by atoms with Crippen LogP contribution >= 0.6 is 11.8 Å². The molecule has 2 rings (SSSR count). The van der Waals surface area contributed by atoms with Crippen molar-refractivity contribution in [3.63, 3.8) is 0 Å². The third kappa shape index (κ3) is 3.36. The van der Waals surface area contributed by atoms with E-state index in [1.165, 1.54) is 4.90 Å². The Morgan fingerprint density at radius 3 is 3.00 bits per heavy atom. The van der Waals surface area contributed by atoms with Gasteiger partial charge in [0.2, 0.25) is 0 Å². The number of urea groups is 1. The Hall–Kier alpha value is -0.990. The third-order valence-corrected chi connectivity index (χ3v) is 4.76. The quantitative estimate of drug-likeness (QED) is 0.760. The Bertz CT molecular complexity index is 373. The summed E-state index contributed by atoms with van der Waals surface area (Å²) in [6.45, 7) is 1.84. The summed E-state index contributed by atoms with van der Waals surface area (Å²) in [4.78, 5) is 24.7. The maximum atomic E-state index is 12.2. The molecule has 20 heavy (non-hydrogen) atoms. The van der Waals surface area contributed by atoms with Crippen LogP contribution in [0.3, 0.4) is 0 Å². The monoisotopic (exact) mass is 304 g/mol. The molecule has 2 aliphatic rings. The molecule has 0 aromatic carbocycles. The van der Waals surface area contributed by atoms with Gasteiger partial charge in [-0.2, -0.15) is 11.8 Å². The zero-order valence-corrected chi connectivity index (χ0v) is 12.3. The van der Waals surface area contributed by atoms with E-state index in [2.05, 4.69) is 5.32 Å². The molecule has 0 aliphatic carbocycles. The fourth-order valence-corrected chi connectivity index (χ4v) is 3.39. The van der Waals surface area contributed by atoms with Crippen LogP contribution in [0.25, 0.3) is 0 Å². The van der Waals surface area contributed by atoms with Crippen molar-refractivity contribution in [3.05, 3.63) is 0 Å². The lowest BCUT2D eigenvalue weighted by Crippen LogP contribution is -2.56. The molecule has 2 unspecified atom stereocenters. The van der Waals surface area contributed by atoms with Gasteiger partial charge in [-0.05, 0) is 0 Å². The zero-order chi connectivity index (χ0) is 14.6. The predicted molar refractivity (Wildman–Crippen MR) is 74.0 cm³/mol. The van der Waals surface area contributed by atoms with Crippen LogP contribution in [0.5, 0.6) is 0 Å². The molecular weight excluding hydrogens is 284 g/mol. The first-order chi connectivity index (χ1) is 9.58. The summed E-state index contributed by atoms with van der Waals surface area (Å²) in [6.07, 6.45) is 0.724. The van der Waals surface area contributed by atoms with Crippen LogP contribution in [0.4, 0.5) is 4.79 Å². The third-order valence-electron chi connectivity index (χ3n) is 3.74. The van der Waals surface area contributed by atoms with Crippen LogP contribution in [-0.2, 0) is 14.3 Å². The first-order valence-electron chi connectivity index (χ1n) is 6.56. The van der Waals surface area contributed by atoms with Crippen LogP contribution in [-0.4, -0.2) is 78.6 Å². The lowest BCUT2D eigenvalue weighted by Gasteiger charge is -2.34. The topological polar surface area (TPSA) is 88.1 Å². The van der Waals surface area contributed by atoms with Crippen molar-refractivity contribution < 1.29 is 24.2 Å². The number of ether oxygens (including phenoxy) is 2. The lowest BCUT2D eigenvalue weighted by atomic mass is 10.0. The highest BCUT2D eigenvalue weighted by molar-refractivity contribution is 7.99. The highest BCUT2D eigenvalue weighted by Gasteiger charge is 2.37. The average Bonchev–Trinajstić information content (AvgIpc) is 2.94. The molecule has 0 saturated carbocycles. The number of nitrogens with one attached hydrogen (secondary N) is 1. The Morgan fingerprint density at radius 2 is 2.40 bits per heavy atom. The number of amides is 2. The van der Waals surface area contributed by atoms with Crippen molar-refractivity contribution in [2.45, 2.75) is 18.1 Å². The highest BCUT2D eigenvalue weighted by atomic mass is 32.2. The largest absolute Gasteiger partial charge is 0.480 e. The molecule has 0 spiro atoms. The number of rotatable bonds is 4. The highest BCUT2D eigenvalue weighted by Crippen LogP contribution is 2.22. The van der Waals surface area contributed by atoms with Gasteiger partial charge >= 0.3 is 12.0 Å². The van der Waals surface area contributed by atoms with E-state index in [4.69, 9.17) is 14.6 Å². The molecule has 2 amide bonds. The summed E-state index contributed by atoms with van der Waals surface area (Å²) in [5.74, 6) is 0.231. The average molecular weight is 304 g/mol. The molecule has 2 atom stereocenters. The van der Waals surface area contributed by atoms with E-state index in [1.807, 2.05) is 0 Å². The van der Waals surface area contributed by atoms with E-state index < -0.39 is 17.6 Å². The summed E-state index contributed by atoms with van der Waals surface area (Å²) < 4.78 is 10.7. The first-order valence-corrected chi connectivity index (χ1v) is 7.71. The Kier molecular flexibility index (Phi) is 5.11. The van der Waals surface area contributed by atoms with Gasteiger partial charge in [0.05, 0.1) is 13.2 Å². The van der Waals surface area contributed by atoms with Gasteiger partial charge in [-0.3, -0.25) is 0 Å². The molecule has 0 bridgehead atoms.